The van der Waals surface area contributed by atoms with E-state index in [0.717, 1.165) is 43.0 Å². The topological polar surface area (TPSA) is 76.2 Å². The molecule has 27 heavy (non-hydrogen) atoms. The van der Waals surface area contributed by atoms with Gasteiger partial charge < -0.3 is 14.4 Å². The van der Waals surface area contributed by atoms with Gasteiger partial charge in [-0.2, -0.15) is 0 Å². The van der Waals surface area contributed by atoms with Crippen LogP contribution in [-0.2, 0) is 11.3 Å². The van der Waals surface area contributed by atoms with Crippen molar-refractivity contribution in [1.29, 1.82) is 0 Å². The molecule has 1 aromatic heterocycles. The number of aromatic nitrogens is 1. The first-order valence-electron chi connectivity index (χ1n) is 9.96. The van der Waals surface area contributed by atoms with Crippen molar-refractivity contribution in [2.45, 2.75) is 71.8 Å². The number of carbonyl (C=O) groups excluding carboxylic acids is 1. The number of carbonyl (C=O) groups is 1. The molecule has 2 aromatic rings. The lowest BCUT2D eigenvalue weighted by Crippen LogP contribution is -1.96. The highest BCUT2D eigenvalue weighted by Crippen LogP contribution is 2.40. The van der Waals surface area contributed by atoms with E-state index in [-0.39, 0.29) is 11.8 Å². The molecule has 0 atom stereocenters. The van der Waals surface area contributed by atoms with Crippen LogP contribution in [0.4, 0.5) is 5.69 Å². The van der Waals surface area contributed by atoms with Gasteiger partial charge in [-0.3, -0.25) is 4.79 Å². The summed E-state index contributed by atoms with van der Waals surface area (Å²) in [6.07, 6.45) is 7.74. The third-order valence-electron chi connectivity index (χ3n) is 4.71. The van der Waals surface area contributed by atoms with Crippen molar-refractivity contribution in [1.82, 2.24) is 4.57 Å². The minimum absolute atomic E-state index is 0.0474. The lowest BCUT2D eigenvalue weighted by Gasteiger charge is -2.05. The summed E-state index contributed by atoms with van der Waals surface area (Å²) in [5, 5.41) is 19.3. The summed E-state index contributed by atoms with van der Waals surface area (Å²) in [4.78, 5) is 12.0. The Balaban J connectivity index is 2.20. The van der Waals surface area contributed by atoms with Gasteiger partial charge in [0, 0.05) is 18.4 Å². The SMILES string of the molecule is CCCCCCCC(=O)N=Nc1c(O)n(CCCC)c2ccc(OC)cc12. The molecule has 2 rings (SSSR count). The Morgan fingerprint density at radius 2 is 1.85 bits per heavy atom. The van der Waals surface area contributed by atoms with Crippen LogP contribution >= 0.6 is 0 Å². The maximum atomic E-state index is 12.0. The number of azo groups is 1. The summed E-state index contributed by atoms with van der Waals surface area (Å²) in [7, 11) is 1.60. The fourth-order valence-electron chi connectivity index (χ4n) is 3.11. The molecule has 0 spiro atoms. The number of ether oxygens (including phenoxy) is 1. The molecular weight excluding hydrogens is 342 g/mol. The lowest BCUT2D eigenvalue weighted by molar-refractivity contribution is -0.118. The molecule has 6 nitrogen and oxygen atoms in total. The van der Waals surface area contributed by atoms with Crippen LogP contribution in [0.2, 0.25) is 0 Å². The maximum Gasteiger partial charge on any atom is 0.264 e. The smallest absolute Gasteiger partial charge is 0.264 e. The van der Waals surface area contributed by atoms with E-state index in [1.807, 2.05) is 22.8 Å². The molecule has 0 bridgehead atoms. The van der Waals surface area contributed by atoms with Gasteiger partial charge in [0.05, 0.1) is 12.6 Å². The van der Waals surface area contributed by atoms with E-state index in [4.69, 9.17) is 4.74 Å². The first kappa shape index (κ1) is 20.9. The average molecular weight is 373 g/mol. The summed E-state index contributed by atoms with van der Waals surface area (Å²) in [5.41, 5.74) is 1.20. The third-order valence-corrected chi connectivity index (χ3v) is 4.71. The van der Waals surface area contributed by atoms with Crippen molar-refractivity contribution in [3.63, 3.8) is 0 Å². The summed E-state index contributed by atoms with van der Waals surface area (Å²) in [6, 6.07) is 5.58. The number of fused-ring (bicyclic) bond motifs is 1. The number of benzene rings is 1. The third kappa shape index (κ3) is 5.55. The number of hydrogen-bond donors (Lipinski definition) is 1. The molecule has 0 fully saturated rings. The summed E-state index contributed by atoms with van der Waals surface area (Å²) in [5.74, 6) is 0.475. The highest BCUT2D eigenvalue weighted by molar-refractivity contribution is 5.96. The highest BCUT2D eigenvalue weighted by Gasteiger charge is 2.17. The fraction of sp³-hybridized carbons (Fsp3) is 0.571. The number of aryl methyl sites for hydroxylation is 1. The summed E-state index contributed by atoms with van der Waals surface area (Å²) in [6.45, 7) is 4.95. The van der Waals surface area contributed by atoms with Gasteiger partial charge in [-0.05, 0) is 31.0 Å². The number of methoxy groups -OCH3 is 1. The Morgan fingerprint density at radius 3 is 2.56 bits per heavy atom. The quantitative estimate of drug-likeness (QED) is 0.380. The molecule has 6 heteroatoms. The van der Waals surface area contributed by atoms with Gasteiger partial charge in [-0.25, -0.2) is 0 Å². The largest absolute Gasteiger partial charge is 0.497 e. The highest BCUT2D eigenvalue weighted by atomic mass is 16.5. The number of aromatic hydroxyl groups is 1. The van der Waals surface area contributed by atoms with Gasteiger partial charge >= 0.3 is 0 Å². The molecule has 1 amide bonds. The van der Waals surface area contributed by atoms with Crippen LogP contribution in [0.5, 0.6) is 11.6 Å². The Hall–Kier alpha value is -2.37. The zero-order valence-corrected chi connectivity index (χ0v) is 16.7. The molecule has 148 valence electrons. The first-order chi connectivity index (χ1) is 13.1. The van der Waals surface area contributed by atoms with Crippen molar-refractivity contribution in [2.24, 2.45) is 10.2 Å². The molecule has 0 aliphatic carbocycles. The normalized spacial score (nSPS) is 11.5. The number of rotatable bonds is 11. The predicted octanol–water partition coefficient (Wildman–Crippen LogP) is 6.13. The molecule has 1 heterocycles. The first-order valence-corrected chi connectivity index (χ1v) is 9.96. The number of nitrogens with zero attached hydrogens (tertiary/aromatic N) is 3. The molecule has 0 radical (unpaired) electrons. The Labute approximate surface area is 161 Å². The van der Waals surface area contributed by atoms with Crippen molar-refractivity contribution in [3.8, 4) is 11.6 Å². The van der Waals surface area contributed by atoms with Gasteiger partial charge in [-0.15, -0.1) is 10.2 Å². The maximum absolute atomic E-state index is 12.0. The Kier molecular flexibility index (Phi) is 8.30. The zero-order valence-electron chi connectivity index (χ0n) is 16.7. The minimum atomic E-state index is -0.247. The van der Waals surface area contributed by atoms with Crippen LogP contribution in [0.3, 0.4) is 0 Å². The Morgan fingerprint density at radius 1 is 1.11 bits per heavy atom. The monoisotopic (exact) mass is 373 g/mol. The number of amides is 1. The van der Waals surface area contributed by atoms with Crippen LogP contribution in [0.15, 0.2) is 28.4 Å². The van der Waals surface area contributed by atoms with Gasteiger partial charge in [-0.1, -0.05) is 46.0 Å². The molecule has 1 aromatic carbocycles. The summed E-state index contributed by atoms with van der Waals surface area (Å²) < 4.78 is 7.11. The van der Waals surface area contributed by atoms with Crippen LogP contribution in [0.1, 0.15) is 65.2 Å². The second-order valence-electron chi connectivity index (χ2n) is 6.82. The molecule has 0 aliphatic rings. The van der Waals surface area contributed by atoms with Crippen LogP contribution in [0, 0.1) is 0 Å². The second kappa shape index (κ2) is 10.7. The van der Waals surface area contributed by atoms with Crippen molar-refractivity contribution in [3.05, 3.63) is 18.2 Å². The van der Waals surface area contributed by atoms with E-state index < -0.39 is 0 Å². The van der Waals surface area contributed by atoms with E-state index in [2.05, 4.69) is 24.1 Å². The molecule has 1 N–H and O–H groups in total. The standard InChI is InChI=1S/C21H31N3O3/c1-4-6-8-9-10-11-19(25)22-23-20-17-15-16(27-3)12-13-18(17)24(21(20)26)14-7-5-2/h12-13,15,26H,4-11,14H2,1-3H3. The van der Waals surface area contributed by atoms with Gasteiger partial charge in [0.25, 0.3) is 5.91 Å². The van der Waals surface area contributed by atoms with Gasteiger partial charge in [0.2, 0.25) is 5.88 Å². The van der Waals surface area contributed by atoms with Gasteiger partial charge in [0.15, 0.2) is 5.69 Å². The van der Waals surface area contributed by atoms with Crippen molar-refractivity contribution < 1.29 is 14.6 Å². The molecular formula is C21H31N3O3. The van der Waals surface area contributed by atoms with E-state index in [1.54, 1.807) is 7.11 Å². The van der Waals surface area contributed by atoms with E-state index in [1.165, 1.54) is 12.8 Å². The Bertz CT molecular complexity index is 781. The van der Waals surface area contributed by atoms with Crippen LogP contribution in [-0.4, -0.2) is 22.7 Å². The molecule has 0 aliphatic heterocycles. The fourth-order valence-corrected chi connectivity index (χ4v) is 3.11. The minimum Gasteiger partial charge on any atom is -0.497 e. The number of hydrogen-bond acceptors (Lipinski definition) is 4. The zero-order chi connectivity index (χ0) is 19.6. The van der Waals surface area contributed by atoms with Crippen molar-refractivity contribution in [2.75, 3.05) is 7.11 Å². The van der Waals surface area contributed by atoms with E-state index in [0.29, 0.717) is 24.4 Å². The molecule has 0 saturated carbocycles. The van der Waals surface area contributed by atoms with Crippen LogP contribution in [0.25, 0.3) is 10.9 Å². The van der Waals surface area contributed by atoms with Crippen LogP contribution < -0.4 is 4.74 Å². The predicted molar refractivity (Wildman–Crippen MR) is 108 cm³/mol. The molecule has 0 unspecified atom stereocenters. The number of unbranched alkanes of at least 4 members (excludes halogenated alkanes) is 5. The van der Waals surface area contributed by atoms with E-state index >= 15 is 0 Å². The second-order valence-corrected chi connectivity index (χ2v) is 6.82. The van der Waals surface area contributed by atoms with Gasteiger partial charge in [0.1, 0.15) is 5.75 Å². The molecule has 0 saturated heterocycles. The average Bonchev–Trinajstić information content (AvgIpc) is 2.94. The van der Waals surface area contributed by atoms with Crippen molar-refractivity contribution >= 4 is 22.5 Å². The van der Waals surface area contributed by atoms with E-state index in [9.17, 15) is 9.90 Å². The lowest BCUT2D eigenvalue weighted by atomic mass is 10.1. The summed E-state index contributed by atoms with van der Waals surface area (Å²) >= 11 is 0.